The molecule has 0 radical (unpaired) electrons. The summed E-state index contributed by atoms with van der Waals surface area (Å²) in [5, 5.41) is 0. The number of nitrogens with zero attached hydrogens (tertiary/aromatic N) is 2. The number of pyridine rings is 2. The summed E-state index contributed by atoms with van der Waals surface area (Å²) in [6.45, 7) is 17.4. The van der Waals surface area contributed by atoms with E-state index in [0.29, 0.717) is 0 Å². The molecule has 1 saturated heterocycles. The maximum atomic E-state index is 6.14. The van der Waals surface area contributed by atoms with Crippen molar-refractivity contribution in [3.63, 3.8) is 0 Å². The van der Waals surface area contributed by atoms with Crippen LogP contribution in [0.1, 0.15) is 77.6 Å². The van der Waals surface area contributed by atoms with Crippen LogP contribution in [0, 0.1) is 0 Å². The van der Waals surface area contributed by atoms with Crippen LogP contribution in [-0.4, -0.2) is 28.3 Å². The minimum Gasteiger partial charge on any atom is -0.399 e. The molecule has 1 fully saturated rings. The van der Waals surface area contributed by atoms with Crippen LogP contribution in [0.3, 0.4) is 0 Å². The summed E-state index contributed by atoms with van der Waals surface area (Å²) in [4.78, 5) is 8.73. The molecule has 1 aliphatic heterocycles. The van der Waals surface area contributed by atoms with Crippen molar-refractivity contribution in [3.8, 4) is 33.6 Å². The Kier molecular flexibility index (Phi) is 14.3. The zero-order chi connectivity index (χ0) is 45.4. The predicted molar refractivity (Wildman–Crippen MR) is 272 cm³/mol. The van der Waals surface area contributed by atoms with E-state index in [1.807, 2.05) is 60.8 Å². The lowest BCUT2D eigenvalue weighted by atomic mass is 9.74. The Bertz CT molecular complexity index is 2690. The van der Waals surface area contributed by atoms with E-state index in [9.17, 15) is 0 Å². The highest BCUT2D eigenvalue weighted by Gasteiger charge is 2.51. The van der Waals surface area contributed by atoms with Gasteiger partial charge in [0.15, 0.2) is 0 Å². The molecule has 0 unspecified atom stereocenters. The molecule has 2 aromatic heterocycles. The van der Waals surface area contributed by atoms with Crippen molar-refractivity contribution >= 4 is 28.5 Å². The largest absolute Gasteiger partial charge is 0.494 e. The molecule has 1 aliphatic rings. The quantitative estimate of drug-likeness (QED) is 0.143. The van der Waals surface area contributed by atoms with E-state index >= 15 is 0 Å². The van der Waals surface area contributed by atoms with E-state index in [2.05, 4.69) is 221 Å². The molecule has 0 aliphatic carbocycles. The summed E-state index contributed by atoms with van der Waals surface area (Å²) in [5.74, 6) is 0. The first-order chi connectivity index (χ1) is 30.6. The van der Waals surface area contributed by atoms with E-state index in [4.69, 9.17) is 9.31 Å². The van der Waals surface area contributed by atoms with Gasteiger partial charge in [0.2, 0.25) is 0 Å². The van der Waals surface area contributed by atoms with E-state index in [1.165, 1.54) is 33.4 Å². The highest BCUT2D eigenvalue weighted by molar-refractivity contribution is 9.10. The standard InChI is InChI=1S/C26H23N.C21H27BO2.C11H8BrN/c1-26(2,23-11-4-3-5-12-23)24-16-14-20(15-17-24)21-9-8-10-22(19-21)25-13-6-7-18-27-25;1-19(2,16-10-8-7-9-11-16)17-12-14-18(15-13-17)22-23-20(3,4)21(5,6)24-22;12-10-5-3-4-9(8-10)11-6-1-2-7-13-11/h3-19H,1-2H3;7-15H,1-6H3;1-8H. The summed E-state index contributed by atoms with van der Waals surface area (Å²) >= 11 is 3.43. The van der Waals surface area contributed by atoms with Gasteiger partial charge in [0.05, 0.1) is 22.6 Å². The average Bonchev–Trinajstić information content (AvgIpc) is 3.56. The van der Waals surface area contributed by atoms with Gasteiger partial charge in [0, 0.05) is 38.8 Å². The third-order valence-electron chi connectivity index (χ3n) is 12.7. The van der Waals surface area contributed by atoms with Crippen molar-refractivity contribution in [3.05, 3.63) is 233 Å². The van der Waals surface area contributed by atoms with E-state index < -0.39 is 0 Å². The Morgan fingerprint density at radius 1 is 0.406 bits per heavy atom. The molecule has 9 rings (SSSR count). The molecule has 0 spiro atoms. The van der Waals surface area contributed by atoms with Crippen molar-refractivity contribution < 1.29 is 9.31 Å². The van der Waals surface area contributed by atoms with Gasteiger partial charge < -0.3 is 9.31 Å². The first-order valence-corrected chi connectivity index (χ1v) is 22.8. The minimum absolute atomic E-state index is 0.0183. The highest BCUT2D eigenvalue weighted by atomic mass is 79.9. The smallest absolute Gasteiger partial charge is 0.399 e. The van der Waals surface area contributed by atoms with E-state index in [1.54, 1.807) is 6.20 Å². The summed E-state index contributed by atoms with van der Waals surface area (Å²) < 4.78 is 13.4. The number of rotatable bonds is 8. The van der Waals surface area contributed by atoms with Crippen LogP contribution in [0.15, 0.2) is 211 Å². The monoisotopic (exact) mass is 904 g/mol. The molecule has 6 heteroatoms. The number of halogens is 1. The van der Waals surface area contributed by atoms with Gasteiger partial charge in [-0.2, -0.15) is 0 Å². The van der Waals surface area contributed by atoms with Gasteiger partial charge in [-0.15, -0.1) is 0 Å². The highest BCUT2D eigenvalue weighted by Crippen LogP contribution is 2.37. The molecule has 3 heterocycles. The Hall–Kier alpha value is -5.92. The van der Waals surface area contributed by atoms with Crippen LogP contribution in [-0.2, 0) is 20.1 Å². The van der Waals surface area contributed by atoms with Crippen molar-refractivity contribution in [1.29, 1.82) is 0 Å². The van der Waals surface area contributed by atoms with Gasteiger partial charge >= 0.3 is 7.12 Å². The lowest BCUT2D eigenvalue weighted by molar-refractivity contribution is 0.00578. The summed E-state index contributed by atoms with van der Waals surface area (Å²) in [6.07, 6.45) is 3.64. The lowest BCUT2D eigenvalue weighted by Crippen LogP contribution is -2.41. The second kappa shape index (κ2) is 19.9. The van der Waals surface area contributed by atoms with Gasteiger partial charge in [-0.1, -0.05) is 195 Å². The Morgan fingerprint density at radius 2 is 0.812 bits per heavy atom. The van der Waals surface area contributed by atoms with Gasteiger partial charge in [-0.25, -0.2) is 0 Å². The van der Waals surface area contributed by atoms with Crippen LogP contribution >= 0.6 is 15.9 Å². The molecule has 64 heavy (non-hydrogen) atoms. The number of hydrogen-bond acceptors (Lipinski definition) is 4. The Morgan fingerprint density at radius 3 is 1.27 bits per heavy atom. The maximum absolute atomic E-state index is 6.14. The van der Waals surface area contributed by atoms with Gasteiger partial charge in [0.25, 0.3) is 0 Å². The van der Waals surface area contributed by atoms with Gasteiger partial charge in [-0.05, 0) is 109 Å². The molecule has 0 bridgehead atoms. The molecule has 322 valence electrons. The summed E-state index contributed by atoms with van der Waals surface area (Å²) in [7, 11) is -0.302. The molecule has 6 aromatic carbocycles. The summed E-state index contributed by atoms with van der Waals surface area (Å²) in [6, 6.07) is 67.5. The SMILES string of the molecule is Brc1cccc(-c2ccccn2)c1.CC(C)(c1ccccc1)c1ccc(-c2cccc(-c3ccccn3)c2)cc1.CC(C)(c1ccccc1)c1ccc(B2OC(C)(C)C(C)(C)O2)cc1. The van der Waals surface area contributed by atoms with Crippen molar-refractivity contribution in [2.75, 3.05) is 0 Å². The number of benzene rings is 6. The second-order valence-electron chi connectivity index (χ2n) is 18.3. The van der Waals surface area contributed by atoms with Crippen LogP contribution in [0.4, 0.5) is 0 Å². The maximum Gasteiger partial charge on any atom is 0.494 e. The lowest BCUT2D eigenvalue weighted by Gasteiger charge is -2.32. The van der Waals surface area contributed by atoms with Crippen LogP contribution in [0.25, 0.3) is 33.6 Å². The first-order valence-electron chi connectivity index (χ1n) is 22.0. The van der Waals surface area contributed by atoms with Gasteiger partial charge in [-0.3, -0.25) is 9.97 Å². The van der Waals surface area contributed by atoms with E-state index in [0.717, 1.165) is 32.5 Å². The fraction of sp³-hybridized carbons (Fsp3) is 0.207. The summed E-state index contributed by atoms with van der Waals surface area (Å²) in [5.41, 5.74) is 12.4. The fourth-order valence-corrected chi connectivity index (χ4v) is 8.13. The molecule has 4 nitrogen and oxygen atoms in total. The third kappa shape index (κ3) is 10.9. The molecule has 0 atom stereocenters. The first kappa shape index (κ1) is 46.1. The second-order valence-corrected chi connectivity index (χ2v) is 19.2. The molecule has 0 saturated carbocycles. The van der Waals surface area contributed by atoms with E-state index in [-0.39, 0.29) is 29.2 Å². The van der Waals surface area contributed by atoms with Gasteiger partial charge in [0.1, 0.15) is 0 Å². The Balaban J connectivity index is 0.000000152. The molecular formula is C58H58BBrN2O2. The van der Waals surface area contributed by atoms with Crippen molar-refractivity contribution in [2.45, 2.75) is 77.4 Å². The van der Waals surface area contributed by atoms with Crippen molar-refractivity contribution in [2.24, 2.45) is 0 Å². The topological polar surface area (TPSA) is 44.2 Å². The number of hydrogen-bond donors (Lipinski definition) is 0. The van der Waals surface area contributed by atoms with Crippen molar-refractivity contribution in [1.82, 2.24) is 9.97 Å². The fourth-order valence-electron chi connectivity index (χ4n) is 7.73. The predicted octanol–water partition coefficient (Wildman–Crippen LogP) is 14.6. The van der Waals surface area contributed by atoms with Crippen LogP contribution in [0.5, 0.6) is 0 Å². The zero-order valence-corrected chi connectivity index (χ0v) is 39.9. The normalized spacial score (nSPS) is 14.1. The van der Waals surface area contributed by atoms with Crippen LogP contribution in [0.2, 0.25) is 0 Å². The molecule has 0 amide bonds. The molecular weight excluding hydrogens is 847 g/mol. The zero-order valence-electron chi connectivity index (χ0n) is 38.3. The Labute approximate surface area is 390 Å². The third-order valence-corrected chi connectivity index (χ3v) is 13.2. The molecule has 8 aromatic rings. The number of aromatic nitrogens is 2. The minimum atomic E-state index is -0.306. The van der Waals surface area contributed by atoms with Crippen LogP contribution < -0.4 is 5.46 Å². The average molecular weight is 906 g/mol. The molecule has 0 N–H and O–H groups in total.